The third kappa shape index (κ3) is 5.80. The Labute approximate surface area is 179 Å². The molecule has 3 rings (SSSR count). The van der Waals surface area contributed by atoms with E-state index in [1.54, 1.807) is 37.5 Å². The van der Waals surface area contributed by atoms with Gasteiger partial charge in [-0.15, -0.1) is 0 Å². The molecule has 0 spiro atoms. The second-order valence-electron chi connectivity index (χ2n) is 6.13. The quantitative estimate of drug-likeness (QED) is 0.517. The number of amides is 1. The zero-order chi connectivity index (χ0) is 22.3. The maximum absolute atomic E-state index is 12.4. The number of ether oxygens (including phenoxy) is 2. The summed E-state index contributed by atoms with van der Waals surface area (Å²) in [6.45, 7) is 0. The zero-order valence-corrected chi connectivity index (χ0v) is 17.6. The lowest BCUT2D eigenvalue weighted by Gasteiger charge is -2.08. The Balaban J connectivity index is 1.67. The molecule has 0 saturated heterocycles. The van der Waals surface area contributed by atoms with E-state index in [0.717, 1.165) is 0 Å². The summed E-state index contributed by atoms with van der Waals surface area (Å²) in [4.78, 5) is 19.9. The summed E-state index contributed by atoms with van der Waals surface area (Å²) < 4.78 is 37.5. The van der Waals surface area contributed by atoms with Gasteiger partial charge >= 0.3 is 0 Å². The van der Waals surface area contributed by atoms with Crippen LogP contribution in [0.1, 0.15) is 5.56 Å². The second-order valence-corrected chi connectivity index (χ2v) is 7.82. The molecular formula is C21H20N4O5S. The number of carbonyl (C=O) groups excluding carboxylic acids is 1. The molecule has 10 heteroatoms. The van der Waals surface area contributed by atoms with Crippen molar-refractivity contribution in [2.24, 2.45) is 0 Å². The third-order valence-electron chi connectivity index (χ3n) is 4.07. The van der Waals surface area contributed by atoms with Crippen molar-refractivity contribution >= 4 is 33.6 Å². The standard InChI is InChI=1S/C21H20N4O5S/c1-29-17-7-10-19(30-2)15(14-17)4-11-20(26)24-16-5-8-18(9-6-16)31(27,28)25-21-22-12-3-13-23-21/h3-14H,1-2H3,(H,24,26)(H,22,23,25)/b11-4+. The number of hydrogen-bond acceptors (Lipinski definition) is 7. The fourth-order valence-corrected chi connectivity index (χ4v) is 3.53. The molecule has 2 N–H and O–H groups in total. The van der Waals surface area contributed by atoms with Crippen molar-refractivity contribution in [3.05, 3.63) is 72.6 Å². The molecule has 3 aromatic rings. The summed E-state index contributed by atoms with van der Waals surface area (Å²) in [5.74, 6) is 0.802. The average molecular weight is 440 g/mol. The lowest BCUT2D eigenvalue weighted by Crippen LogP contribution is -2.15. The highest BCUT2D eigenvalue weighted by molar-refractivity contribution is 7.92. The van der Waals surface area contributed by atoms with E-state index in [1.165, 1.54) is 49.8 Å². The van der Waals surface area contributed by atoms with Gasteiger partial charge in [0.1, 0.15) is 11.5 Å². The minimum Gasteiger partial charge on any atom is -0.497 e. The number of nitrogens with zero attached hydrogens (tertiary/aromatic N) is 2. The van der Waals surface area contributed by atoms with E-state index in [4.69, 9.17) is 9.47 Å². The van der Waals surface area contributed by atoms with Gasteiger partial charge in [-0.05, 0) is 54.6 Å². The van der Waals surface area contributed by atoms with Gasteiger partial charge in [-0.2, -0.15) is 0 Å². The number of hydrogen-bond donors (Lipinski definition) is 2. The van der Waals surface area contributed by atoms with Crippen molar-refractivity contribution in [3.63, 3.8) is 0 Å². The fraction of sp³-hybridized carbons (Fsp3) is 0.0952. The van der Waals surface area contributed by atoms with Crippen LogP contribution in [0.15, 0.2) is 71.9 Å². The molecule has 1 aromatic heterocycles. The minimum absolute atomic E-state index is 0.00890. The van der Waals surface area contributed by atoms with E-state index in [2.05, 4.69) is 20.0 Å². The van der Waals surface area contributed by atoms with Crippen molar-refractivity contribution in [1.29, 1.82) is 0 Å². The summed E-state index contributed by atoms with van der Waals surface area (Å²) in [7, 11) is -0.761. The first kappa shape index (κ1) is 21.8. The lowest BCUT2D eigenvalue weighted by molar-refractivity contribution is -0.111. The predicted octanol–water partition coefficient (Wildman–Crippen LogP) is 2.95. The minimum atomic E-state index is -3.85. The van der Waals surface area contributed by atoms with Crippen LogP contribution in [0.25, 0.3) is 6.08 Å². The number of aromatic nitrogens is 2. The van der Waals surface area contributed by atoms with Crippen LogP contribution in [0, 0.1) is 0 Å². The number of anilines is 2. The van der Waals surface area contributed by atoms with Crippen LogP contribution in [-0.4, -0.2) is 38.5 Å². The van der Waals surface area contributed by atoms with Gasteiger partial charge in [-0.25, -0.2) is 23.1 Å². The number of benzene rings is 2. The molecule has 1 amide bonds. The molecule has 0 fully saturated rings. The Morgan fingerprint density at radius 1 is 1.00 bits per heavy atom. The van der Waals surface area contributed by atoms with Crippen molar-refractivity contribution in [2.75, 3.05) is 24.3 Å². The third-order valence-corrected chi connectivity index (χ3v) is 5.42. The summed E-state index contributed by atoms with van der Waals surface area (Å²) >= 11 is 0. The van der Waals surface area contributed by atoms with Crippen molar-refractivity contribution in [1.82, 2.24) is 9.97 Å². The Hall–Kier alpha value is -3.92. The Morgan fingerprint density at radius 2 is 1.71 bits per heavy atom. The molecule has 0 unspecified atom stereocenters. The number of methoxy groups -OCH3 is 2. The highest BCUT2D eigenvalue weighted by Gasteiger charge is 2.15. The first-order valence-corrected chi connectivity index (χ1v) is 10.5. The van der Waals surface area contributed by atoms with E-state index in [1.807, 2.05) is 0 Å². The number of carbonyl (C=O) groups is 1. The summed E-state index contributed by atoms with van der Waals surface area (Å²) in [6.07, 6.45) is 5.80. The molecule has 31 heavy (non-hydrogen) atoms. The van der Waals surface area contributed by atoms with Crippen LogP contribution in [-0.2, 0) is 14.8 Å². The van der Waals surface area contributed by atoms with Crippen molar-refractivity contribution in [3.8, 4) is 11.5 Å². The molecular weight excluding hydrogens is 420 g/mol. The average Bonchev–Trinajstić information content (AvgIpc) is 2.78. The summed E-state index contributed by atoms with van der Waals surface area (Å²) in [6, 6.07) is 12.5. The van der Waals surface area contributed by atoms with Gasteiger partial charge < -0.3 is 14.8 Å². The molecule has 9 nitrogen and oxygen atoms in total. The highest BCUT2D eigenvalue weighted by atomic mass is 32.2. The molecule has 0 aliphatic heterocycles. The van der Waals surface area contributed by atoms with Crippen molar-refractivity contribution in [2.45, 2.75) is 4.90 Å². The Bertz CT molecular complexity index is 1180. The molecule has 160 valence electrons. The van der Waals surface area contributed by atoms with Crippen LogP contribution in [0.4, 0.5) is 11.6 Å². The highest BCUT2D eigenvalue weighted by Crippen LogP contribution is 2.25. The van der Waals surface area contributed by atoms with E-state index >= 15 is 0 Å². The SMILES string of the molecule is COc1ccc(OC)c(/C=C/C(=O)Nc2ccc(S(=O)(=O)Nc3ncccn3)cc2)c1. The first-order chi connectivity index (χ1) is 14.9. The lowest BCUT2D eigenvalue weighted by atomic mass is 10.1. The van der Waals surface area contributed by atoms with Crippen LogP contribution < -0.4 is 19.5 Å². The van der Waals surface area contributed by atoms with E-state index in [0.29, 0.717) is 22.7 Å². The van der Waals surface area contributed by atoms with E-state index in [-0.39, 0.29) is 10.8 Å². The number of sulfonamides is 1. The number of nitrogens with one attached hydrogen (secondary N) is 2. The fourth-order valence-electron chi connectivity index (χ4n) is 2.57. The molecule has 0 radical (unpaired) electrons. The molecule has 0 saturated carbocycles. The van der Waals surface area contributed by atoms with Gasteiger partial charge in [0.25, 0.3) is 10.0 Å². The Kier molecular flexibility index (Phi) is 6.83. The van der Waals surface area contributed by atoms with Crippen LogP contribution in [0.2, 0.25) is 0 Å². The molecule has 0 aliphatic carbocycles. The van der Waals surface area contributed by atoms with Gasteiger partial charge in [0.05, 0.1) is 19.1 Å². The molecule has 1 heterocycles. The van der Waals surface area contributed by atoms with Crippen LogP contribution in [0.3, 0.4) is 0 Å². The van der Waals surface area contributed by atoms with Crippen molar-refractivity contribution < 1.29 is 22.7 Å². The molecule has 0 bridgehead atoms. The summed E-state index contributed by atoms with van der Waals surface area (Å²) in [5.41, 5.74) is 1.11. The van der Waals surface area contributed by atoms with Gasteiger partial charge in [0, 0.05) is 29.7 Å². The maximum Gasteiger partial charge on any atom is 0.264 e. The predicted molar refractivity (Wildman–Crippen MR) is 116 cm³/mol. The second kappa shape index (κ2) is 9.72. The molecule has 2 aromatic carbocycles. The number of rotatable bonds is 8. The largest absolute Gasteiger partial charge is 0.497 e. The topological polar surface area (TPSA) is 120 Å². The maximum atomic E-state index is 12.4. The Morgan fingerprint density at radius 3 is 2.35 bits per heavy atom. The van der Waals surface area contributed by atoms with Gasteiger partial charge in [0.2, 0.25) is 11.9 Å². The van der Waals surface area contributed by atoms with E-state index < -0.39 is 15.9 Å². The first-order valence-electron chi connectivity index (χ1n) is 9.02. The molecule has 0 aliphatic rings. The van der Waals surface area contributed by atoms with Crippen LogP contribution >= 0.6 is 0 Å². The van der Waals surface area contributed by atoms with E-state index in [9.17, 15) is 13.2 Å². The van der Waals surface area contributed by atoms with Gasteiger partial charge in [-0.3, -0.25) is 4.79 Å². The zero-order valence-electron chi connectivity index (χ0n) is 16.8. The van der Waals surface area contributed by atoms with Gasteiger partial charge in [0.15, 0.2) is 0 Å². The molecule has 0 atom stereocenters. The smallest absolute Gasteiger partial charge is 0.264 e. The summed E-state index contributed by atoms with van der Waals surface area (Å²) in [5, 5.41) is 2.67. The van der Waals surface area contributed by atoms with Crippen LogP contribution in [0.5, 0.6) is 11.5 Å². The normalized spacial score (nSPS) is 11.2. The monoisotopic (exact) mass is 440 g/mol. The van der Waals surface area contributed by atoms with Gasteiger partial charge in [-0.1, -0.05) is 0 Å².